The van der Waals surface area contributed by atoms with Crippen LogP contribution in [0.25, 0.3) is 4.96 Å². The van der Waals surface area contributed by atoms with Crippen molar-refractivity contribution in [2.75, 3.05) is 25.0 Å². The Balaban J connectivity index is 1.83. The van der Waals surface area contributed by atoms with Crippen LogP contribution in [0, 0.1) is 16.0 Å². The molecular formula is C10H13N5O2S. The number of imidazole rings is 1. The zero-order valence-electron chi connectivity index (χ0n) is 9.63. The van der Waals surface area contributed by atoms with Crippen molar-refractivity contribution in [1.29, 1.82) is 0 Å². The van der Waals surface area contributed by atoms with Crippen molar-refractivity contribution in [1.82, 2.24) is 14.7 Å². The SMILES string of the molecule is O=[N+]([O-])c1c(NCC2CCNC2)nc2sccn12. The molecule has 0 spiro atoms. The van der Waals surface area contributed by atoms with Gasteiger partial charge in [0.2, 0.25) is 5.82 Å². The number of fused-ring (bicyclic) bond motifs is 1. The summed E-state index contributed by atoms with van der Waals surface area (Å²) in [7, 11) is 0. The van der Waals surface area contributed by atoms with E-state index in [1.807, 2.05) is 0 Å². The molecule has 2 aromatic rings. The van der Waals surface area contributed by atoms with E-state index in [-0.39, 0.29) is 10.7 Å². The first-order valence-corrected chi connectivity index (χ1v) is 6.68. The predicted octanol–water partition coefficient (Wildman–Crippen LogP) is 1.33. The van der Waals surface area contributed by atoms with E-state index in [0.717, 1.165) is 26.1 Å². The highest BCUT2D eigenvalue weighted by molar-refractivity contribution is 7.15. The lowest BCUT2D eigenvalue weighted by atomic mass is 10.1. The Hall–Kier alpha value is -1.67. The smallest absolute Gasteiger partial charge is 0.363 e. The van der Waals surface area contributed by atoms with Crippen LogP contribution in [0.15, 0.2) is 11.6 Å². The molecule has 3 rings (SSSR count). The van der Waals surface area contributed by atoms with Crippen molar-refractivity contribution in [3.8, 4) is 0 Å². The van der Waals surface area contributed by atoms with Gasteiger partial charge in [-0.2, -0.15) is 9.38 Å². The maximum absolute atomic E-state index is 11.1. The molecule has 0 radical (unpaired) electrons. The number of thiazole rings is 1. The maximum atomic E-state index is 11.1. The van der Waals surface area contributed by atoms with Crippen LogP contribution in [0.2, 0.25) is 0 Å². The number of hydrogen-bond acceptors (Lipinski definition) is 6. The Kier molecular flexibility index (Phi) is 2.88. The normalized spacial score (nSPS) is 19.4. The standard InChI is InChI=1S/C10H13N5O2S/c16-15(17)9-8(12-6-7-1-2-11-5-7)13-10-14(9)3-4-18-10/h3-4,7,11-12H,1-2,5-6H2. The van der Waals surface area contributed by atoms with E-state index in [0.29, 0.717) is 16.7 Å². The molecule has 0 bridgehead atoms. The van der Waals surface area contributed by atoms with E-state index in [4.69, 9.17) is 0 Å². The van der Waals surface area contributed by atoms with Crippen molar-refractivity contribution < 1.29 is 4.92 Å². The maximum Gasteiger partial charge on any atom is 0.372 e. The number of nitrogens with zero attached hydrogens (tertiary/aromatic N) is 3. The third-order valence-corrected chi connectivity index (χ3v) is 3.89. The van der Waals surface area contributed by atoms with Gasteiger partial charge in [0.1, 0.15) is 6.20 Å². The molecule has 1 aliphatic heterocycles. The lowest BCUT2D eigenvalue weighted by Gasteiger charge is -2.08. The first-order chi connectivity index (χ1) is 8.75. The molecule has 3 heterocycles. The summed E-state index contributed by atoms with van der Waals surface area (Å²) in [4.78, 5) is 15.6. The van der Waals surface area contributed by atoms with Crippen molar-refractivity contribution in [3.05, 3.63) is 21.7 Å². The Bertz CT molecular complexity index is 572. The van der Waals surface area contributed by atoms with Gasteiger partial charge in [0.05, 0.1) is 0 Å². The highest BCUT2D eigenvalue weighted by Gasteiger charge is 2.24. The number of nitro groups is 1. The molecule has 96 valence electrons. The Morgan fingerprint density at radius 1 is 1.72 bits per heavy atom. The van der Waals surface area contributed by atoms with Crippen molar-refractivity contribution in [3.63, 3.8) is 0 Å². The van der Waals surface area contributed by atoms with Gasteiger partial charge in [-0.25, -0.2) is 0 Å². The summed E-state index contributed by atoms with van der Waals surface area (Å²) >= 11 is 1.39. The highest BCUT2D eigenvalue weighted by Crippen LogP contribution is 2.28. The second kappa shape index (κ2) is 4.54. The molecule has 0 saturated carbocycles. The molecule has 2 aromatic heterocycles. The topological polar surface area (TPSA) is 84.5 Å². The van der Waals surface area contributed by atoms with E-state index in [9.17, 15) is 10.1 Å². The fourth-order valence-corrected chi connectivity index (χ4v) is 2.91. The minimum atomic E-state index is -0.387. The minimum absolute atomic E-state index is 0.0252. The van der Waals surface area contributed by atoms with E-state index < -0.39 is 0 Å². The second-order valence-corrected chi connectivity index (χ2v) is 5.21. The molecule has 0 amide bonds. The van der Waals surface area contributed by atoms with E-state index in [1.165, 1.54) is 15.7 Å². The molecule has 8 heteroatoms. The van der Waals surface area contributed by atoms with Gasteiger partial charge in [0, 0.05) is 11.9 Å². The van der Waals surface area contributed by atoms with Gasteiger partial charge in [0.25, 0.3) is 4.96 Å². The van der Waals surface area contributed by atoms with Crippen LogP contribution in [0.5, 0.6) is 0 Å². The molecule has 0 aliphatic carbocycles. The van der Waals surface area contributed by atoms with Crippen LogP contribution in [0.3, 0.4) is 0 Å². The molecule has 1 atom stereocenters. The predicted molar refractivity (Wildman–Crippen MR) is 69.2 cm³/mol. The molecule has 7 nitrogen and oxygen atoms in total. The summed E-state index contributed by atoms with van der Waals surface area (Å²) in [5, 5.41) is 19.3. The quantitative estimate of drug-likeness (QED) is 0.645. The van der Waals surface area contributed by atoms with Gasteiger partial charge < -0.3 is 20.7 Å². The summed E-state index contributed by atoms with van der Waals surface area (Å²) in [6, 6.07) is 0. The minimum Gasteiger partial charge on any atom is -0.363 e. The molecular weight excluding hydrogens is 254 g/mol. The van der Waals surface area contributed by atoms with Crippen LogP contribution in [-0.4, -0.2) is 33.9 Å². The summed E-state index contributed by atoms with van der Waals surface area (Å²) in [6.45, 7) is 2.70. The van der Waals surface area contributed by atoms with Gasteiger partial charge in [-0.3, -0.25) is 0 Å². The lowest BCUT2D eigenvalue weighted by Crippen LogP contribution is -2.17. The number of anilines is 1. The summed E-state index contributed by atoms with van der Waals surface area (Å²) in [5.41, 5.74) is 0. The molecule has 1 aliphatic rings. The van der Waals surface area contributed by atoms with Gasteiger partial charge in [0.15, 0.2) is 0 Å². The summed E-state index contributed by atoms with van der Waals surface area (Å²) in [5.74, 6) is 0.917. The van der Waals surface area contributed by atoms with E-state index in [2.05, 4.69) is 15.6 Å². The molecule has 0 aromatic carbocycles. The van der Waals surface area contributed by atoms with Crippen LogP contribution in [0.4, 0.5) is 11.6 Å². The third kappa shape index (κ3) is 1.93. The number of hydrogen-bond donors (Lipinski definition) is 2. The van der Waals surface area contributed by atoms with Crippen molar-refractivity contribution in [2.45, 2.75) is 6.42 Å². The van der Waals surface area contributed by atoms with Gasteiger partial charge >= 0.3 is 5.82 Å². The van der Waals surface area contributed by atoms with Crippen LogP contribution < -0.4 is 10.6 Å². The zero-order chi connectivity index (χ0) is 12.5. The van der Waals surface area contributed by atoms with E-state index in [1.54, 1.807) is 11.6 Å². The Morgan fingerprint density at radius 2 is 2.61 bits per heavy atom. The van der Waals surface area contributed by atoms with Crippen LogP contribution in [0.1, 0.15) is 6.42 Å². The molecule has 1 fully saturated rings. The van der Waals surface area contributed by atoms with Crippen LogP contribution in [-0.2, 0) is 0 Å². The molecule has 18 heavy (non-hydrogen) atoms. The third-order valence-electron chi connectivity index (χ3n) is 3.13. The average Bonchev–Trinajstić information content (AvgIpc) is 3.01. The van der Waals surface area contributed by atoms with Crippen molar-refractivity contribution in [2.24, 2.45) is 5.92 Å². The molecule has 1 saturated heterocycles. The fourth-order valence-electron chi connectivity index (χ4n) is 2.20. The Labute approximate surface area is 107 Å². The largest absolute Gasteiger partial charge is 0.372 e. The van der Waals surface area contributed by atoms with Crippen molar-refractivity contribution >= 4 is 27.9 Å². The zero-order valence-corrected chi connectivity index (χ0v) is 10.4. The number of nitrogens with one attached hydrogen (secondary N) is 2. The summed E-state index contributed by atoms with van der Waals surface area (Å²) < 4.78 is 1.51. The first kappa shape index (κ1) is 11.4. The molecule has 2 N–H and O–H groups in total. The average molecular weight is 267 g/mol. The highest BCUT2D eigenvalue weighted by atomic mass is 32.1. The molecule has 1 unspecified atom stereocenters. The van der Waals surface area contributed by atoms with Gasteiger partial charge in [-0.05, 0) is 30.4 Å². The fraction of sp³-hybridized carbons (Fsp3) is 0.500. The number of aromatic nitrogens is 2. The summed E-state index contributed by atoms with van der Waals surface area (Å²) in [6.07, 6.45) is 2.77. The number of rotatable bonds is 4. The second-order valence-electron chi connectivity index (χ2n) is 4.34. The Morgan fingerprint density at radius 3 is 3.33 bits per heavy atom. The van der Waals surface area contributed by atoms with E-state index >= 15 is 0 Å². The lowest BCUT2D eigenvalue weighted by molar-refractivity contribution is -0.389. The van der Waals surface area contributed by atoms with Gasteiger partial charge in [-0.1, -0.05) is 11.3 Å². The van der Waals surface area contributed by atoms with Crippen LogP contribution >= 0.6 is 11.3 Å². The van der Waals surface area contributed by atoms with Gasteiger partial charge in [-0.15, -0.1) is 0 Å². The monoisotopic (exact) mass is 267 g/mol. The first-order valence-electron chi connectivity index (χ1n) is 5.80.